The van der Waals surface area contributed by atoms with Gasteiger partial charge in [0.15, 0.2) is 0 Å². The van der Waals surface area contributed by atoms with Crippen molar-refractivity contribution in [1.29, 1.82) is 0 Å². The average molecular weight is 239 g/mol. The van der Waals surface area contributed by atoms with E-state index in [1.54, 1.807) is 20.1 Å². The van der Waals surface area contributed by atoms with Gasteiger partial charge in [0, 0.05) is 12.6 Å². The summed E-state index contributed by atoms with van der Waals surface area (Å²) in [4.78, 5) is 8.31. The topological polar surface area (TPSA) is 67.3 Å². The number of aliphatic hydroxyl groups excluding tert-OH is 1. The second kappa shape index (κ2) is 6.39. The highest BCUT2D eigenvalue weighted by molar-refractivity contribution is 5.38. The van der Waals surface area contributed by atoms with E-state index < -0.39 is 0 Å². The Morgan fingerprint density at radius 3 is 2.71 bits per heavy atom. The smallest absolute Gasteiger partial charge is 0.218 e. The molecule has 0 saturated carbocycles. The number of rotatable bonds is 6. The van der Waals surface area contributed by atoms with Crippen LogP contribution in [0.2, 0.25) is 0 Å². The molecule has 96 valence electrons. The second-order valence-corrected chi connectivity index (χ2v) is 4.51. The molecule has 0 fully saturated rings. The molecule has 5 nitrogen and oxygen atoms in total. The van der Waals surface area contributed by atoms with Gasteiger partial charge in [-0.3, -0.25) is 0 Å². The number of hydrogen-bond acceptors (Lipinski definition) is 5. The van der Waals surface area contributed by atoms with Crippen LogP contribution in [-0.2, 0) is 0 Å². The van der Waals surface area contributed by atoms with Crippen molar-refractivity contribution in [2.45, 2.75) is 33.3 Å². The summed E-state index contributed by atoms with van der Waals surface area (Å²) in [6.07, 6.45) is 0.407. The van der Waals surface area contributed by atoms with Crippen molar-refractivity contribution in [3.63, 3.8) is 0 Å². The van der Waals surface area contributed by atoms with Gasteiger partial charge in [0.2, 0.25) is 5.88 Å². The van der Waals surface area contributed by atoms with Gasteiger partial charge in [-0.25, -0.2) is 4.98 Å². The maximum absolute atomic E-state index is 9.74. The fourth-order valence-corrected chi connectivity index (χ4v) is 1.59. The standard InChI is InChI=1S/C12H21N3O2/c1-8(2)5-10(16)7-13-11-6-12(17-4)15-9(3)14-11/h6,8,10,16H,5,7H2,1-4H3,(H,13,14,15). The maximum Gasteiger partial charge on any atom is 0.218 e. The normalized spacial score (nSPS) is 12.6. The molecule has 0 radical (unpaired) electrons. The largest absolute Gasteiger partial charge is 0.481 e. The maximum atomic E-state index is 9.74. The van der Waals surface area contributed by atoms with Crippen molar-refractivity contribution in [2.75, 3.05) is 19.0 Å². The zero-order valence-electron chi connectivity index (χ0n) is 10.9. The molecule has 0 saturated heterocycles. The van der Waals surface area contributed by atoms with Crippen LogP contribution in [0.4, 0.5) is 5.82 Å². The SMILES string of the molecule is COc1cc(NCC(O)CC(C)C)nc(C)n1. The summed E-state index contributed by atoms with van der Waals surface area (Å²) in [6.45, 7) is 6.46. The predicted molar refractivity (Wildman–Crippen MR) is 67.3 cm³/mol. The van der Waals surface area contributed by atoms with Crippen LogP contribution in [0.5, 0.6) is 5.88 Å². The molecule has 0 amide bonds. The van der Waals surface area contributed by atoms with E-state index in [0.29, 0.717) is 30.0 Å². The van der Waals surface area contributed by atoms with Gasteiger partial charge < -0.3 is 15.2 Å². The van der Waals surface area contributed by atoms with E-state index in [1.165, 1.54) is 0 Å². The molecule has 1 atom stereocenters. The van der Waals surface area contributed by atoms with E-state index in [1.807, 2.05) is 0 Å². The van der Waals surface area contributed by atoms with E-state index in [0.717, 1.165) is 6.42 Å². The Labute approximate surface area is 102 Å². The van der Waals surface area contributed by atoms with E-state index >= 15 is 0 Å². The zero-order valence-corrected chi connectivity index (χ0v) is 10.9. The lowest BCUT2D eigenvalue weighted by Crippen LogP contribution is -2.21. The number of methoxy groups -OCH3 is 1. The molecule has 1 unspecified atom stereocenters. The summed E-state index contributed by atoms with van der Waals surface area (Å²) in [5, 5.41) is 12.8. The van der Waals surface area contributed by atoms with Gasteiger partial charge in [-0.2, -0.15) is 4.98 Å². The molecule has 1 aromatic rings. The summed E-state index contributed by atoms with van der Waals surface area (Å²) in [6, 6.07) is 1.72. The Kier molecular flexibility index (Phi) is 5.15. The lowest BCUT2D eigenvalue weighted by molar-refractivity contribution is 0.161. The highest BCUT2D eigenvalue weighted by Crippen LogP contribution is 2.13. The number of anilines is 1. The lowest BCUT2D eigenvalue weighted by atomic mass is 10.1. The Bertz CT molecular complexity index is 356. The quantitative estimate of drug-likeness (QED) is 0.789. The molecular weight excluding hydrogens is 218 g/mol. The highest BCUT2D eigenvalue weighted by Gasteiger charge is 2.08. The first-order valence-corrected chi connectivity index (χ1v) is 5.83. The molecular formula is C12H21N3O2. The van der Waals surface area contributed by atoms with Gasteiger partial charge in [-0.1, -0.05) is 13.8 Å². The number of ether oxygens (including phenoxy) is 1. The molecule has 1 rings (SSSR count). The van der Waals surface area contributed by atoms with Gasteiger partial charge in [-0.05, 0) is 19.3 Å². The summed E-state index contributed by atoms with van der Waals surface area (Å²) >= 11 is 0. The molecule has 0 aliphatic carbocycles. The van der Waals surface area contributed by atoms with Crippen LogP contribution in [0.1, 0.15) is 26.1 Å². The summed E-state index contributed by atoms with van der Waals surface area (Å²) in [5.41, 5.74) is 0. The molecule has 0 bridgehead atoms. The Morgan fingerprint density at radius 2 is 2.12 bits per heavy atom. The summed E-state index contributed by atoms with van der Waals surface area (Å²) in [5.74, 6) is 2.33. The van der Waals surface area contributed by atoms with Crippen LogP contribution in [0.25, 0.3) is 0 Å². The summed E-state index contributed by atoms with van der Waals surface area (Å²) < 4.78 is 5.05. The lowest BCUT2D eigenvalue weighted by Gasteiger charge is -2.14. The average Bonchev–Trinajstić information content (AvgIpc) is 2.24. The van der Waals surface area contributed by atoms with E-state index in [2.05, 4.69) is 29.1 Å². The zero-order chi connectivity index (χ0) is 12.8. The van der Waals surface area contributed by atoms with Gasteiger partial charge in [0.05, 0.1) is 13.2 Å². The van der Waals surface area contributed by atoms with Gasteiger partial charge in [-0.15, -0.1) is 0 Å². The highest BCUT2D eigenvalue weighted by atomic mass is 16.5. The van der Waals surface area contributed by atoms with Crippen molar-refractivity contribution in [1.82, 2.24) is 9.97 Å². The second-order valence-electron chi connectivity index (χ2n) is 4.51. The first kappa shape index (κ1) is 13.7. The minimum absolute atomic E-state index is 0.365. The number of nitrogens with zero attached hydrogens (tertiary/aromatic N) is 2. The van der Waals surface area contributed by atoms with Gasteiger partial charge >= 0.3 is 0 Å². The fraction of sp³-hybridized carbons (Fsp3) is 0.667. The minimum Gasteiger partial charge on any atom is -0.481 e. The third-order valence-electron chi connectivity index (χ3n) is 2.29. The third kappa shape index (κ3) is 4.99. The van der Waals surface area contributed by atoms with E-state index in [9.17, 15) is 5.11 Å². The molecule has 2 N–H and O–H groups in total. The molecule has 0 aliphatic heterocycles. The Balaban J connectivity index is 2.54. The fourth-order valence-electron chi connectivity index (χ4n) is 1.59. The first-order chi connectivity index (χ1) is 8.01. The number of aromatic nitrogens is 2. The monoisotopic (exact) mass is 239 g/mol. The van der Waals surface area contributed by atoms with Crippen molar-refractivity contribution in [3.05, 3.63) is 11.9 Å². The molecule has 5 heteroatoms. The molecule has 17 heavy (non-hydrogen) atoms. The number of hydrogen-bond donors (Lipinski definition) is 2. The van der Waals surface area contributed by atoms with Gasteiger partial charge in [0.25, 0.3) is 0 Å². The molecule has 0 spiro atoms. The van der Waals surface area contributed by atoms with Crippen molar-refractivity contribution in [3.8, 4) is 5.88 Å². The molecule has 1 aromatic heterocycles. The van der Waals surface area contributed by atoms with E-state index in [4.69, 9.17) is 4.74 Å². The molecule has 0 aliphatic rings. The van der Waals surface area contributed by atoms with E-state index in [-0.39, 0.29) is 6.10 Å². The number of aliphatic hydroxyl groups is 1. The molecule has 1 heterocycles. The predicted octanol–water partition coefficient (Wildman–Crippen LogP) is 1.61. The summed E-state index contributed by atoms with van der Waals surface area (Å²) in [7, 11) is 1.57. The number of nitrogens with one attached hydrogen (secondary N) is 1. The van der Waals surface area contributed by atoms with Crippen LogP contribution in [0.15, 0.2) is 6.07 Å². The minimum atomic E-state index is -0.365. The van der Waals surface area contributed by atoms with Crippen LogP contribution < -0.4 is 10.1 Å². The number of aryl methyl sites for hydroxylation is 1. The molecule has 0 aromatic carbocycles. The van der Waals surface area contributed by atoms with Crippen LogP contribution in [0, 0.1) is 12.8 Å². The Hall–Kier alpha value is -1.36. The van der Waals surface area contributed by atoms with Crippen molar-refractivity contribution in [2.24, 2.45) is 5.92 Å². The Morgan fingerprint density at radius 1 is 1.41 bits per heavy atom. The van der Waals surface area contributed by atoms with Crippen LogP contribution in [0.3, 0.4) is 0 Å². The first-order valence-electron chi connectivity index (χ1n) is 5.83. The van der Waals surface area contributed by atoms with Gasteiger partial charge in [0.1, 0.15) is 11.6 Å². The van der Waals surface area contributed by atoms with Crippen LogP contribution >= 0.6 is 0 Å². The van der Waals surface area contributed by atoms with Crippen molar-refractivity contribution < 1.29 is 9.84 Å². The van der Waals surface area contributed by atoms with Crippen LogP contribution in [-0.4, -0.2) is 34.8 Å². The van der Waals surface area contributed by atoms with Crippen molar-refractivity contribution >= 4 is 5.82 Å². The third-order valence-corrected chi connectivity index (χ3v) is 2.29.